The molecule has 0 amide bonds. The Hall–Kier alpha value is -2.44. The molecule has 1 aromatic rings. The Morgan fingerprint density at radius 2 is 2.06 bits per heavy atom. The molecular weight excluding hydrogens is 439 g/mol. The highest BCUT2D eigenvalue weighted by atomic mass is 19.1. The average Bonchev–Trinajstić information content (AvgIpc) is 3.09. The molecule has 34 heavy (non-hydrogen) atoms. The fourth-order valence-electron chi connectivity index (χ4n) is 3.88. The molecule has 1 aliphatic rings. The van der Waals surface area contributed by atoms with Crippen LogP contribution >= 0.6 is 0 Å². The van der Waals surface area contributed by atoms with Gasteiger partial charge in [0.2, 0.25) is 0 Å². The van der Waals surface area contributed by atoms with Gasteiger partial charge < -0.3 is 24.8 Å². The van der Waals surface area contributed by atoms with Crippen LogP contribution in [-0.4, -0.2) is 52.3 Å². The highest BCUT2D eigenvalue weighted by molar-refractivity contribution is 5.69. The van der Waals surface area contributed by atoms with E-state index < -0.39 is 23.6 Å². The normalized spacial score (nSPS) is 23.8. The SMILES string of the molecule is CCCOC(=O)CCC=C=CC[C@@H]1[C@@H](C=CC(O)(CC)COc2cccc(F)c2)[C@H](O)C[C@@H]1O. The Labute approximate surface area is 201 Å². The molecule has 0 spiro atoms. The molecule has 5 atom stereocenters. The second kappa shape index (κ2) is 14.1. The quantitative estimate of drug-likeness (QED) is 0.225. The fourth-order valence-corrected chi connectivity index (χ4v) is 3.88. The Morgan fingerprint density at radius 1 is 1.26 bits per heavy atom. The lowest BCUT2D eigenvalue weighted by Gasteiger charge is -2.25. The van der Waals surface area contributed by atoms with E-state index in [1.54, 1.807) is 30.4 Å². The molecule has 1 saturated carbocycles. The van der Waals surface area contributed by atoms with Crippen molar-refractivity contribution in [2.45, 2.75) is 70.2 Å². The van der Waals surface area contributed by atoms with Crippen molar-refractivity contribution in [2.75, 3.05) is 13.2 Å². The van der Waals surface area contributed by atoms with Crippen LogP contribution in [0.15, 0.2) is 54.3 Å². The van der Waals surface area contributed by atoms with Gasteiger partial charge in [0.1, 0.15) is 23.8 Å². The van der Waals surface area contributed by atoms with E-state index in [0.717, 1.165) is 6.42 Å². The highest BCUT2D eigenvalue weighted by Gasteiger charge is 2.40. The van der Waals surface area contributed by atoms with Gasteiger partial charge in [-0.05, 0) is 55.9 Å². The Kier molecular flexibility index (Phi) is 11.5. The molecule has 1 unspecified atom stereocenters. The van der Waals surface area contributed by atoms with Crippen LogP contribution in [0.1, 0.15) is 52.4 Å². The van der Waals surface area contributed by atoms with Gasteiger partial charge in [-0.2, -0.15) is 0 Å². The number of rotatable bonds is 13. The van der Waals surface area contributed by atoms with E-state index in [9.17, 15) is 24.5 Å². The van der Waals surface area contributed by atoms with Crippen LogP contribution in [0.3, 0.4) is 0 Å². The summed E-state index contributed by atoms with van der Waals surface area (Å²) < 4.78 is 23.9. The number of hydrogen-bond donors (Lipinski definition) is 3. The Bertz CT molecular complexity index is 862. The van der Waals surface area contributed by atoms with Crippen molar-refractivity contribution in [1.82, 2.24) is 0 Å². The van der Waals surface area contributed by atoms with Crippen molar-refractivity contribution in [3.63, 3.8) is 0 Å². The minimum absolute atomic E-state index is 0.0666. The van der Waals surface area contributed by atoms with Crippen molar-refractivity contribution in [3.8, 4) is 5.75 Å². The number of benzene rings is 1. The summed E-state index contributed by atoms with van der Waals surface area (Å²) in [6, 6.07) is 5.72. The van der Waals surface area contributed by atoms with E-state index in [2.05, 4.69) is 5.73 Å². The predicted molar refractivity (Wildman–Crippen MR) is 128 cm³/mol. The van der Waals surface area contributed by atoms with Crippen LogP contribution in [0.2, 0.25) is 0 Å². The molecule has 1 aromatic carbocycles. The fraction of sp³-hybridized carbons (Fsp3) is 0.556. The zero-order valence-corrected chi connectivity index (χ0v) is 20.0. The number of esters is 1. The number of carbonyl (C=O) groups excluding carboxylic acids is 1. The summed E-state index contributed by atoms with van der Waals surface area (Å²) >= 11 is 0. The summed E-state index contributed by atoms with van der Waals surface area (Å²) in [5.41, 5.74) is 1.73. The number of carbonyl (C=O) groups is 1. The minimum Gasteiger partial charge on any atom is -0.490 e. The van der Waals surface area contributed by atoms with Crippen molar-refractivity contribution in [2.24, 2.45) is 11.8 Å². The molecule has 1 aliphatic carbocycles. The van der Waals surface area contributed by atoms with Crippen molar-refractivity contribution < 1.29 is 34.0 Å². The third-order valence-corrected chi connectivity index (χ3v) is 6.03. The predicted octanol–water partition coefficient (Wildman–Crippen LogP) is 4.09. The molecule has 0 bridgehead atoms. The number of halogens is 1. The van der Waals surface area contributed by atoms with Crippen molar-refractivity contribution in [1.29, 1.82) is 0 Å². The van der Waals surface area contributed by atoms with Gasteiger partial charge in [-0.25, -0.2) is 4.39 Å². The van der Waals surface area contributed by atoms with Gasteiger partial charge >= 0.3 is 5.97 Å². The molecule has 0 aliphatic heterocycles. The van der Waals surface area contributed by atoms with Gasteiger partial charge in [0.05, 0.1) is 18.8 Å². The topological polar surface area (TPSA) is 96.2 Å². The molecule has 3 N–H and O–H groups in total. The largest absolute Gasteiger partial charge is 0.490 e. The van der Waals surface area contributed by atoms with Gasteiger partial charge in [-0.3, -0.25) is 4.79 Å². The van der Waals surface area contributed by atoms with Crippen LogP contribution in [0.4, 0.5) is 4.39 Å². The zero-order valence-electron chi connectivity index (χ0n) is 20.0. The zero-order chi connectivity index (χ0) is 25.0. The third-order valence-electron chi connectivity index (χ3n) is 6.03. The molecule has 0 radical (unpaired) electrons. The van der Waals surface area contributed by atoms with Gasteiger partial charge in [-0.1, -0.05) is 32.1 Å². The Balaban J connectivity index is 1.94. The van der Waals surface area contributed by atoms with Crippen molar-refractivity contribution >= 4 is 5.97 Å². The number of ether oxygens (including phenoxy) is 2. The molecule has 6 nitrogen and oxygen atoms in total. The maximum Gasteiger partial charge on any atom is 0.306 e. The van der Waals surface area contributed by atoms with Crippen LogP contribution in [0.25, 0.3) is 0 Å². The summed E-state index contributed by atoms with van der Waals surface area (Å²) in [7, 11) is 0. The number of hydrogen-bond acceptors (Lipinski definition) is 6. The van der Waals surface area contributed by atoms with E-state index in [-0.39, 0.29) is 30.8 Å². The molecule has 1 fully saturated rings. The van der Waals surface area contributed by atoms with Crippen LogP contribution in [0.5, 0.6) is 5.75 Å². The first-order chi connectivity index (χ1) is 16.3. The first-order valence-electron chi connectivity index (χ1n) is 12.0. The standard InChI is InChI=1S/C27H37FO6/c1-3-16-33-26(31)13-8-6-5-7-12-22-23(25(30)18-24(22)29)14-15-27(32,4-2)19-34-21-11-9-10-20(28)17-21/h6-7,9-11,14-15,17,22-25,29-30,32H,3-4,8,12-13,16,18-19H2,1-2H3/t5?,22-,23-,24+,25-,27?/m1/s1. The molecule has 0 aromatic heterocycles. The molecule has 188 valence electrons. The molecule has 2 rings (SSSR count). The van der Waals surface area contributed by atoms with Gasteiger partial charge in [0.25, 0.3) is 0 Å². The van der Waals surface area contributed by atoms with E-state index in [1.807, 2.05) is 13.8 Å². The van der Waals surface area contributed by atoms with E-state index in [1.165, 1.54) is 18.2 Å². The Morgan fingerprint density at radius 3 is 2.76 bits per heavy atom. The lowest BCUT2D eigenvalue weighted by molar-refractivity contribution is -0.143. The summed E-state index contributed by atoms with van der Waals surface area (Å²) in [6.45, 7) is 4.11. The van der Waals surface area contributed by atoms with Crippen LogP contribution in [0, 0.1) is 17.7 Å². The summed E-state index contributed by atoms with van der Waals surface area (Å²) in [6.07, 6.45) is 8.21. The third kappa shape index (κ3) is 9.07. The second-order valence-electron chi connectivity index (χ2n) is 8.74. The highest BCUT2D eigenvalue weighted by Crippen LogP contribution is 2.36. The lowest BCUT2D eigenvalue weighted by Crippen LogP contribution is -2.33. The smallest absolute Gasteiger partial charge is 0.306 e. The van der Waals surface area contributed by atoms with Crippen LogP contribution in [-0.2, 0) is 9.53 Å². The van der Waals surface area contributed by atoms with Crippen molar-refractivity contribution in [3.05, 3.63) is 60.1 Å². The van der Waals surface area contributed by atoms with E-state index >= 15 is 0 Å². The first kappa shape index (κ1) is 27.8. The van der Waals surface area contributed by atoms with Gasteiger partial charge in [0.15, 0.2) is 0 Å². The maximum absolute atomic E-state index is 13.4. The molecule has 0 saturated heterocycles. The van der Waals surface area contributed by atoms with Gasteiger partial charge in [0, 0.05) is 24.8 Å². The molecular formula is C27H37FO6. The number of aliphatic hydroxyl groups excluding tert-OH is 2. The second-order valence-corrected chi connectivity index (χ2v) is 8.74. The lowest BCUT2D eigenvalue weighted by atomic mass is 9.88. The maximum atomic E-state index is 13.4. The molecule has 0 heterocycles. The van der Waals surface area contributed by atoms with E-state index in [0.29, 0.717) is 38.0 Å². The molecule has 7 heteroatoms. The van der Waals surface area contributed by atoms with Gasteiger partial charge in [-0.15, -0.1) is 5.73 Å². The van der Waals surface area contributed by atoms with Crippen LogP contribution < -0.4 is 4.74 Å². The number of allylic oxidation sites excluding steroid dienone is 1. The summed E-state index contributed by atoms with van der Waals surface area (Å²) in [4.78, 5) is 11.5. The monoisotopic (exact) mass is 476 g/mol. The number of aliphatic hydroxyl groups is 3. The summed E-state index contributed by atoms with van der Waals surface area (Å²) in [5, 5.41) is 31.8. The first-order valence-corrected chi connectivity index (χ1v) is 12.0. The average molecular weight is 477 g/mol. The minimum atomic E-state index is -1.30. The summed E-state index contributed by atoms with van der Waals surface area (Å²) in [5.74, 6) is -0.900. The van der Waals surface area contributed by atoms with E-state index in [4.69, 9.17) is 9.47 Å².